The number of nitrogens with one attached hydrogen (secondary N) is 2. The fraction of sp³-hybridized carbons (Fsp3) is 0.444. The normalized spacial score (nSPS) is 23.5. The summed E-state index contributed by atoms with van der Waals surface area (Å²) in [7, 11) is 0. The summed E-state index contributed by atoms with van der Waals surface area (Å²) in [6.45, 7) is 8.27. The van der Waals surface area contributed by atoms with Gasteiger partial charge in [0.15, 0.2) is 23.2 Å². The molecule has 4 aromatic rings. The Hall–Kier alpha value is -4.64. The maximum Gasteiger partial charge on any atom is 0.342 e. The molecule has 4 heterocycles. The molecule has 3 atom stereocenters. The van der Waals surface area contributed by atoms with Crippen LogP contribution in [0, 0.1) is 11.3 Å². The molecular weight excluding hydrogens is 592 g/mol. The second kappa shape index (κ2) is 12.5. The standard InChI is InChI=1S/C36H44N8O3/c1-4-29(45)42-36(28-16-11-18-35(28,2)3)46-22-30(47-36)44-23-39-31-32(40-34(41-33(31)44)43-19-17-26(37)21-43)38-20-27(24-12-7-5-8-13-24)25-14-9-6-10-15-25/h5-10,12-15,22-23,26-28H,4,11,16-21,37H2,1-3H3,(H,42,45)(H,38,40,41)/t26-,28?,36?/m1/s1. The minimum absolute atomic E-state index is 0.0459. The molecule has 2 aromatic carbocycles. The van der Waals surface area contributed by atoms with Crippen LogP contribution < -0.4 is 21.3 Å². The Bertz CT molecular complexity index is 1720. The van der Waals surface area contributed by atoms with Crippen molar-refractivity contribution in [1.29, 1.82) is 0 Å². The van der Waals surface area contributed by atoms with Crippen LogP contribution >= 0.6 is 0 Å². The van der Waals surface area contributed by atoms with E-state index in [9.17, 15) is 4.79 Å². The summed E-state index contributed by atoms with van der Waals surface area (Å²) >= 11 is 0. The number of fused-ring (bicyclic) bond motifs is 1. The summed E-state index contributed by atoms with van der Waals surface area (Å²) in [4.78, 5) is 29.7. The van der Waals surface area contributed by atoms with Gasteiger partial charge in [0.1, 0.15) is 6.33 Å². The van der Waals surface area contributed by atoms with Crippen molar-refractivity contribution in [3.05, 3.63) is 84.4 Å². The summed E-state index contributed by atoms with van der Waals surface area (Å²) in [5.41, 5.74) is 9.81. The van der Waals surface area contributed by atoms with Crippen LogP contribution in [0.1, 0.15) is 69.9 Å². The number of anilines is 2. The lowest BCUT2D eigenvalue weighted by molar-refractivity contribution is -0.219. The van der Waals surface area contributed by atoms with E-state index in [1.165, 1.54) is 11.1 Å². The first-order valence-corrected chi connectivity index (χ1v) is 16.7. The van der Waals surface area contributed by atoms with E-state index in [0.717, 1.165) is 32.2 Å². The first-order valence-electron chi connectivity index (χ1n) is 16.7. The first-order chi connectivity index (χ1) is 22.8. The van der Waals surface area contributed by atoms with Crippen molar-refractivity contribution in [2.24, 2.45) is 17.1 Å². The molecule has 1 saturated carbocycles. The predicted octanol–water partition coefficient (Wildman–Crippen LogP) is 5.42. The number of nitrogens with two attached hydrogens (primary N) is 1. The van der Waals surface area contributed by atoms with E-state index in [2.05, 4.69) is 77.9 Å². The van der Waals surface area contributed by atoms with Gasteiger partial charge in [-0.05, 0) is 35.8 Å². The molecule has 246 valence electrons. The third-order valence-corrected chi connectivity index (χ3v) is 9.95. The Balaban J connectivity index is 1.25. The Morgan fingerprint density at radius 2 is 1.79 bits per heavy atom. The molecule has 11 heteroatoms. The van der Waals surface area contributed by atoms with E-state index in [1.54, 1.807) is 17.2 Å². The first kappa shape index (κ1) is 31.0. The third kappa shape index (κ3) is 6.00. The third-order valence-electron chi connectivity index (χ3n) is 9.95. The quantitative estimate of drug-likeness (QED) is 0.209. The number of carbonyl (C=O) groups is 1. The summed E-state index contributed by atoms with van der Waals surface area (Å²) in [5.74, 6) is 0.208. The van der Waals surface area contributed by atoms with Gasteiger partial charge < -0.3 is 25.4 Å². The van der Waals surface area contributed by atoms with Crippen LogP contribution in [0.25, 0.3) is 17.0 Å². The Labute approximate surface area is 275 Å². The van der Waals surface area contributed by atoms with Gasteiger partial charge in [-0.1, -0.05) is 87.9 Å². The van der Waals surface area contributed by atoms with Crippen molar-refractivity contribution < 1.29 is 14.3 Å². The highest BCUT2D eigenvalue weighted by molar-refractivity contribution is 5.86. The lowest BCUT2D eigenvalue weighted by Gasteiger charge is -2.40. The van der Waals surface area contributed by atoms with Crippen LogP contribution in [0.4, 0.5) is 11.8 Å². The molecular formula is C36H44N8O3. The molecule has 11 nitrogen and oxygen atoms in total. The van der Waals surface area contributed by atoms with Gasteiger partial charge >= 0.3 is 5.91 Å². The van der Waals surface area contributed by atoms with E-state index in [4.69, 9.17) is 30.2 Å². The fourth-order valence-electron chi connectivity index (χ4n) is 7.34. The number of carbonyl (C=O) groups excluding carboxylic acids is 1. The summed E-state index contributed by atoms with van der Waals surface area (Å²) in [6, 6.07) is 21.0. The Morgan fingerprint density at radius 3 is 2.40 bits per heavy atom. The van der Waals surface area contributed by atoms with Crippen LogP contribution in [0.3, 0.4) is 0 Å². The van der Waals surface area contributed by atoms with Gasteiger partial charge in [-0.25, -0.2) is 9.55 Å². The molecule has 4 N–H and O–H groups in total. The van der Waals surface area contributed by atoms with E-state index in [0.29, 0.717) is 48.3 Å². The smallest absolute Gasteiger partial charge is 0.342 e. The number of nitrogens with zero attached hydrogens (tertiary/aromatic N) is 5. The second-order valence-electron chi connectivity index (χ2n) is 13.6. The van der Waals surface area contributed by atoms with Crippen molar-refractivity contribution >= 4 is 34.7 Å². The van der Waals surface area contributed by atoms with Crippen LogP contribution in [-0.2, 0) is 14.3 Å². The minimum atomic E-state index is -1.31. The van der Waals surface area contributed by atoms with Crippen LogP contribution in [0.15, 0.2) is 73.3 Å². The minimum Gasteiger partial charge on any atom is -0.437 e. The van der Waals surface area contributed by atoms with Crippen molar-refractivity contribution in [2.45, 2.75) is 70.7 Å². The number of rotatable bonds is 10. The van der Waals surface area contributed by atoms with E-state index < -0.39 is 5.91 Å². The topological polar surface area (TPSA) is 132 Å². The van der Waals surface area contributed by atoms with Crippen molar-refractivity contribution in [2.75, 3.05) is 29.9 Å². The van der Waals surface area contributed by atoms with Gasteiger partial charge in [-0.2, -0.15) is 9.97 Å². The van der Waals surface area contributed by atoms with Gasteiger partial charge in [0.2, 0.25) is 17.7 Å². The van der Waals surface area contributed by atoms with E-state index in [1.807, 2.05) is 19.1 Å². The number of ether oxygens (including phenoxy) is 2. The summed E-state index contributed by atoms with van der Waals surface area (Å²) in [6.07, 6.45) is 7.38. The maximum atomic E-state index is 12.8. The zero-order valence-corrected chi connectivity index (χ0v) is 27.4. The molecule has 2 fully saturated rings. The van der Waals surface area contributed by atoms with Crippen molar-refractivity contribution in [3.8, 4) is 0 Å². The van der Waals surface area contributed by atoms with Gasteiger partial charge in [-0.15, -0.1) is 0 Å². The van der Waals surface area contributed by atoms with Gasteiger partial charge in [0.05, 0.1) is 5.92 Å². The summed E-state index contributed by atoms with van der Waals surface area (Å²) < 4.78 is 14.8. The number of hydrogen-bond donors (Lipinski definition) is 3. The number of hydrogen-bond acceptors (Lipinski definition) is 9. The molecule has 2 unspecified atom stereocenters. The number of amides is 1. The highest BCUT2D eigenvalue weighted by atomic mass is 16.8. The van der Waals surface area contributed by atoms with Gasteiger partial charge in [-0.3, -0.25) is 10.1 Å². The van der Waals surface area contributed by atoms with Crippen molar-refractivity contribution in [3.63, 3.8) is 0 Å². The molecule has 0 bridgehead atoms. The lowest BCUT2D eigenvalue weighted by Crippen LogP contribution is -2.57. The second-order valence-corrected chi connectivity index (χ2v) is 13.6. The molecule has 2 aromatic heterocycles. The summed E-state index contributed by atoms with van der Waals surface area (Å²) in [5, 5.41) is 6.72. The fourth-order valence-corrected chi connectivity index (χ4v) is 7.34. The lowest BCUT2D eigenvalue weighted by atomic mass is 9.79. The molecule has 7 rings (SSSR count). The SMILES string of the molecule is CCC(=O)NC1(C2CCCC2(C)C)OC=C(n2cnc3c(NCC(c4ccccc4)c4ccccc4)nc(N4CC[C@@H](N)C4)nc32)O1. The number of benzene rings is 2. The molecule has 0 spiro atoms. The predicted molar refractivity (Wildman–Crippen MR) is 182 cm³/mol. The van der Waals surface area contributed by atoms with E-state index >= 15 is 0 Å². The highest BCUT2D eigenvalue weighted by Crippen LogP contribution is 2.51. The maximum absolute atomic E-state index is 12.8. The average molecular weight is 637 g/mol. The van der Waals surface area contributed by atoms with Crippen LogP contribution in [-0.4, -0.2) is 57.0 Å². The largest absolute Gasteiger partial charge is 0.437 e. The molecule has 3 aliphatic rings. The molecule has 2 aliphatic heterocycles. The molecule has 1 aliphatic carbocycles. The zero-order valence-electron chi connectivity index (χ0n) is 27.4. The van der Waals surface area contributed by atoms with Crippen LogP contribution in [0.2, 0.25) is 0 Å². The molecule has 1 saturated heterocycles. The van der Waals surface area contributed by atoms with Gasteiger partial charge in [0.25, 0.3) is 0 Å². The Kier molecular flexibility index (Phi) is 8.25. The Morgan fingerprint density at radius 1 is 1.06 bits per heavy atom. The van der Waals surface area contributed by atoms with Crippen molar-refractivity contribution in [1.82, 2.24) is 24.8 Å². The van der Waals surface area contributed by atoms with Crippen LogP contribution in [0.5, 0.6) is 0 Å². The molecule has 47 heavy (non-hydrogen) atoms. The van der Waals surface area contributed by atoms with Gasteiger partial charge in [0, 0.05) is 38.0 Å². The molecule has 0 radical (unpaired) electrons. The average Bonchev–Trinajstić information content (AvgIpc) is 3.88. The monoisotopic (exact) mass is 636 g/mol. The number of imidazole rings is 1. The van der Waals surface area contributed by atoms with E-state index in [-0.39, 0.29) is 29.2 Å². The number of aromatic nitrogens is 4. The zero-order chi connectivity index (χ0) is 32.6. The highest BCUT2D eigenvalue weighted by Gasteiger charge is 2.56. The molecule has 1 amide bonds.